The standard InChI is InChI=1S/C15H16N6O2/c1-15(2)11-5-9(3-4-10(11)13(23)20-15)19-14-17-6-8(7-18-14)12(22)21-16/h3-7H,16H2,1-2H3,(H,20,23)(H,21,22)(H,17,18,19). The van der Waals surface area contributed by atoms with E-state index in [-0.39, 0.29) is 11.5 Å². The number of amides is 2. The summed E-state index contributed by atoms with van der Waals surface area (Å²) in [6, 6.07) is 5.43. The van der Waals surface area contributed by atoms with Crippen LogP contribution < -0.4 is 21.9 Å². The van der Waals surface area contributed by atoms with Gasteiger partial charge >= 0.3 is 0 Å². The van der Waals surface area contributed by atoms with E-state index in [0.717, 1.165) is 11.3 Å². The first-order valence-corrected chi connectivity index (χ1v) is 6.98. The minimum atomic E-state index is -0.458. The van der Waals surface area contributed by atoms with Crippen LogP contribution in [0.3, 0.4) is 0 Å². The van der Waals surface area contributed by atoms with Gasteiger partial charge in [0.1, 0.15) is 0 Å². The lowest BCUT2D eigenvalue weighted by Gasteiger charge is -2.19. The van der Waals surface area contributed by atoms with Gasteiger partial charge in [0.05, 0.1) is 11.1 Å². The molecule has 8 nitrogen and oxygen atoms in total. The number of nitrogens with one attached hydrogen (secondary N) is 3. The molecule has 0 unspecified atom stereocenters. The van der Waals surface area contributed by atoms with Crippen molar-refractivity contribution in [3.8, 4) is 0 Å². The Morgan fingerprint density at radius 3 is 2.61 bits per heavy atom. The molecular formula is C15H16N6O2. The molecule has 8 heteroatoms. The summed E-state index contributed by atoms with van der Waals surface area (Å²) >= 11 is 0. The van der Waals surface area contributed by atoms with Crippen molar-refractivity contribution in [1.82, 2.24) is 20.7 Å². The van der Waals surface area contributed by atoms with Crippen molar-refractivity contribution in [2.24, 2.45) is 5.84 Å². The van der Waals surface area contributed by atoms with Gasteiger partial charge in [0.2, 0.25) is 5.95 Å². The van der Waals surface area contributed by atoms with Gasteiger partial charge in [-0.15, -0.1) is 0 Å². The maximum atomic E-state index is 11.9. The molecule has 2 amide bonds. The number of carbonyl (C=O) groups excluding carboxylic acids is 2. The average Bonchev–Trinajstić information content (AvgIpc) is 2.76. The Morgan fingerprint density at radius 2 is 1.96 bits per heavy atom. The Bertz CT molecular complexity index is 785. The molecule has 0 spiro atoms. The third kappa shape index (κ3) is 2.71. The predicted octanol–water partition coefficient (Wildman–Crippen LogP) is 0.802. The van der Waals surface area contributed by atoms with Crippen LogP contribution in [-0.2, 0) is 5.54 Å². The number of nitrogens with two attached hydrogens (primary N) is 1. The highest BCUT2D eigenvalue weighted by Crippen LogP contribution is 2.32. The number of fused-ring (bicyclic) bond motifs is 1. The highest BCUT2D eigenvalue weighted by Gasteiger charge is 2.34. The molecule has 2 aromatic rings. The molecule has 0 atom stereocenters. The zero-order chi connectivity index (χ0) is 16.6. The number of aromatic nitrogens is 2. The smallest absolute Gasteiger partial charge is 0.268 e. The number of anilines is 2. The predicted molar refractivity (Wildman–Crippen MR) is 83.9 cm³/mol. The molecule has 1 aliphatic rings. The topological polar surface area (TPSA) is 122 Å². The number of nitrogens with zero attached hydrogens (tertiary/aromatic N) is 2. The van der Waals surface area contributed by atoms with Crippen LogP contribution in [0.2, 0.25) is 0 Å². The van der Waals surface area contributed by atoms with Gasteiger partial charge in [-0.2, -0.15) is 0 Å². The second-order valence-corrected chi connectivity index (χ2v) is 5.73. The normalized spacial score (nSPS) is 14.8. The summed E-state index contributed by atoms with van der Waals surface area (Å²) in [6.45, 7) is 3.88. The third-order valence-corrected chi connectivity index (χ3v) is 3.66. The molecule has 0 aliphatic carbocycles. The van der Waals surface area contributed by atoms with Gasteiger partial charge in [0.25, 0.3) is 11.8 Å². The number of hydrogen-bond acceptors (Lipinski definition) is 6. The van der Waals surface area contributed by atoms with Crippen LogP contribution in [0.15, 0.2) is 30.6 Å². The minimum Gasteiger partial charge on any atom is -0.343 e. The van der Waals surface area contributed by atoms with Gasteiger partial charge < -0.3 is 10.6 Å². The number of rotatable bonds is 3. The second-order valence-electron chi connectivity index (χ2n) is 5.73. The zero-order valence-electron chi connectivity index (χ0n) is 12.7. The average molecular weight is 312 g/mol. The summed E-state index contributed by atoms with van der Waals surface area (Å²) in [6.07, 6.45) is 2.75. The quantitative estimate of drug-likeness (QED) is 0.378. The Labute approximate surface area is 132 Å². The van der Waals surface area contributed by atoms with E-state index >= 15 is 0 Å². The Hall–Kier alpha value is -3.00. The van der Waals surface area contributed by atoms with Crippen LogP contribution >= 0.6 is 0 Å². The van der Waals surface area contributed by atoms with Crippen LogP contribution in [0.1, 0.15) is 40.1 Å². The monoisotopic (exact) mass is 312 g/mol. The van der Waals surface area contributed by atoms with Crippen LogP contribution in [0, 0.1) is 0 Å². The fourth-order valence-corrected chi connectivity index (χ4v) is 2.48. The summed E-state index contributed by atoms with van der Waals surface area (Å²) in [5.41, 5.74) is 4.18. The van der Waals surface area contributed by atoms with Crippen molar-refractivity contribution in [3.63, 3.8) is 0 Å². The molecule has 23 heavy (non-hydrogen) atoms. The highest BCUT2D eigenvalue weighted by molar-refractivity contribution is 6.00. The fraction of sp³-hybridized carbons (Fsp3) is 0.200. The van der Waals surface area contributed by atoms with Gasteiger partial charge in [0.15, 0.2) is 0 Å². The zero-order valence-corrected chi connectivity index (χ0v) is 12.7. The van der Waals surface area contributed by atoms with Crippen molar-refractivity contribution in [2.45, 2.75) is 19.4 Å². The van der Waals surface area contributed by atoms with Gasteiger partial charge in [-0.25, -0.2) is 15.8 Å². The van der Waals surface area contributed by atoms with E-state index in [9.17, 15) is 9.59 Å². The first-order valence-electron chi connectivity index (χ1n) is 6.98. The van der Waals surface area contributed by atoms with Crippen LogP contribution in [0.5, 0.6) is 0 Å². The molecular weight excluding hydrogens is 296 g/mol. The van der Waals surface area contributed by atoms with E-state index < -0.39 is 11.4 Å². The largest absolute Gasteiger partial charge is 0.343 e. The lowest BCUT2D eigenvalue weighted by atomic mass is 9.94. The molecule has 0 radical (unpaired) electrons. The van der Waals surface area contributed by atoms with Crippen molar-refractivity contribution in [2.75, 3.05) is 5.32 Å². The van der Waals surface area contributed by atoms with Gasteiger partial charge in [-0.05, 0) is 37.6 Å². The number of nitrogen functional groups attached to an aromatic ring is 1. The SMILES string of the molecule is CC1(C)NC(=O)c2ccc(Nc3ncc(C(=O)NN)cn3)cc21. The summed E-state index contributed by atoms with van der Waals surface area (Å²) in [5, 5.41) is 5.97. The van der Waals surface area contributed by atoms with E-state index in [2.05, 4.69) is 20.6 Å². The number of hydrazine groups is 1. The lowest BCUT2D eigenvalue weighted by Crippen LogP contribution is -2.32. The van der Waals surface area contributed by atoms with Crippen LogP contribution in [-0.4, -0.2) is 21.8 Å². The molecule has 0 saturated carbocycles. The van der Waals surface area contributed by atoms with E-state index in [4.69, 9.17) is 5.84 Å². The molecule has 0 fully saturated rings. The number of benzene rings is 1. The van der Waals surface area contributed by atoms with Gasteiger partial charge in [0, 0.05) is 23.6 Å². The summed E-state index contributed by atoms with van der Waals surface area (Å²) < 4.78 is 0. The van der Waals surface area contributed by atoms with Crippen molar-refractivity contribution in [3.05, 3.63) is 47.3 Å². The Morgan fingerprint density at radius 1 is 1.26 bits per heavy atom. The van der Waals surface area contributed by atoms with Gasteiger partial charge in [-0.3, -0.25) is 15.0 Å². The molecule has 1 aromatic carbocycles. The van der Waals surface area contributed by atoms with Gasteiger partial charge in [-0.1, -0.05) is 0 Å². The maximum Gasteiger partial charge on any atom is 0.268 e. The van der Waals surface area contributed by atoms with E-state index in [1.165, 1.54) is 12.4 Å². The Balaban J connectivity index is 1.84. The van der Waals surface area contributed by atoms with Crippen LogP contribution in [0.4, 0.5) is 11.6 Å². The Kier molecular flexibility index (Phi) is 3.45. The van der Waals surface area contributed by atoms with E-state index in [0.29, 0.717) is 11.5 Å². The molecule has 3 rings (SSSR count). The van der Waals surface area contributed by atoms with Crippen molar-refractivity contribution < 1.29 is 9.59 Å². The molecule has 0 bridgehead atoms. The first-order chi connectivity index (χ1) is 10.9. The fourth-order valence-electron chi connectivity index (χ4n) is 2.48. The summed E-state index contributed by atoms with van der Waals surface area (Å²) in [7, 11) is 0. The van der Waals surface area contributed by atoms with Crippen molar-refractivity contribution in [1.29, 1.82) is 0 Å². The number of hydrogen-bond donors (Lipinski definition) is 4. The van der Waals surface area contributed by atoms with E-state index in [1.807, 2.05) is 25.3 Å². The summed E-state index contributed by atoms with van der Waals surface area (Å²) in [5.74, 6) is 4.85. The third-order valence-electron chi connectivity index (χ3n) is 3.66. The molecule has 118 valence electrons. The molecule has 0 saturated heterocycles. The first kappa shape index (κ1) is 14.9. The molecule has 1 aliphatic heterocycles. The molecule has 1 aromatic heterocycles. The second kappa shape index (κ2) is 5.33. The van der Waals surface area contributed by atoms with Crippen molar-refractivity contribution >= 4 is 23.5 Å². The molecule has 2 heterocycles. The van der Waals surface area contributed by atoms with E-state index in [1.54, 1.807) is 12.1 Å². The number of carbonyl (C=O) groups is 2. The highest BCUT2D eigenvalue weighted by atomic mass is 16.2. The van der Waals surface area contributed by atoms with Crippen LogP contribution in [0.25, 0.3) is 0 Å². The lowest BCUT2D eigenvalue weighted by molar-refractivity contribution is 0.0936. The maximum absolute atomic E-state index is 11.9. The molecule has 5 N–H and O–H groups in total. The minimum absolute atomic E-state index is 0.0788. The summed E-state index contributed by atoms with van der Waals surface area (Å²) in [4.78, 5) is 31.3.